The fourth-order valence-electron chi connectivity index (χ4n) is 5.51. The predicted octanol–water partition coefficient (Wildman–Crippen LogP) is 12.0. The Bertz CT molecular complexity index is 1770. The summed E-state index contributed by atoms with van der Waals surface area (Å²) < 4.78 is 5.70. The van der Waals surface area contributed by atoms with E-state index in [1.807, 2.05) is 53.0 Å². The molecular weight excluding hydrogens is 521 g/mol. The number of hydrogen-bond acceptors (Lipinski definition) is 2. The molecule has 6 rings (SSSR count). The van der Waals surface area contributed by atoms with Gasteiger partial charge in [0.1, 0.15) is 0 Å². The highest BCUT2D eigenvalue weighted by atomic mass is 32.1. The lowest BCUT2D eigenvalue weighted by molar-refractivity contribution is 0.575. The normalized spacial score (nSPS) is 11.3. The van der Waals surface area contributed by atoms with E-state index in [1.165, 1.54) is 104 Å². The van der Waals surface area contributed by atoms with Crippen LogP contribution in [-0.2, 0) is 6.42 Å². The Morgan fingerprint density at radius 3 is 1.80 bits per heavy atom. The standard InChI is InChI=1S/C38H36S2/c1-2-3-4-5-6-7-8-10-15-30-20-24-33-35(26-30)39-38-34-25-23-32(27-36(34)40-37(33)38)31-21-18-29(19-22-31)17-16-28-13-11-9-12-14-28/h9,11-14,18-27H,2-8,10,15H2,1H3. The quantitative estimate of drug-likeness (QED) is 0.116. The van der Waals surface area contributed by atoms with E-state index in [4.69, 9.17) is 0 Å². The van der Waals surface area contributed by atoms with Gasteiger partial charge in [0.2, 0.25) is 0 Å². The Hall–Kier alpha value is -3.38. The molecule has 0 amide bonds. The molecule has 4 aromatic carbocycles. The third-order valence-corrected chi connectivity index (χ3v) is 10.3. The molecule has 0 atom stereocenters. The van der Waals surface area contributed by atoms with Crippen LogP contribution in [0.4, 0.5) is 0 Å². The van der Waals surface area contributed by atoms with E-state index < -0.39 is 0 Å². The summed E-state index contributed by atoms with van der Waals surface area (Å²) in [6, 6.07) is 32.9. The monoisotopic (exact) mass is 556 g/mol. The number of rotatable bonds is 10. The van der Waals surface area contributed by atoms with E-state index in [-0.39, 0.29) is 0 Å². The lowest BCUT2D eigenvalue weighted by atomic mass is 10.0. The van der Waals surface area contributed by atoms with E-state index in [0.717, 1.165) is 11.1 Å². The maximum absolute atomic E-state index is 3.28. The molecule has 2 heteroatoms. The van der Waals surface area contributed by atoms with Crippen molar-refractivity contribution in [1.29, 1.82) is 0 Å². The van der Waals surface area contributed by atoms with E-state index in [2.05, 4.69) is 79.4 Å². The van der Waals surface area contributed by atoms with Crippen molar-refractivity contribution in [1.82, 2.24) is 0 Å². The van der Waals surface area contributed by atoms with Crippen molar-refractivity contribution in [3.63, 3.8) is 0 Å². The molecule has 0 bridgehead atoms. The Morgan fingerprint density at radius 2 is 1.10 bits per heavy atom. The van der Waals surface area contributed by atoms with E-state index in [9.17, 15) is 0 Å². The van der Waals surface area contributed by atoms with Crippen LogP contribution in [-0.4, -0.2) is 0 Å². The first-order valence-corrected chi connectivity index (χ1v) is 16.5. The van der Waals surface area contributed by atoms with Gasteiger partial charge in [0.15, 0.2) is 0 Å². The molecule has 0 aliphatic rings. The van der Waals surface area contributed by atoms with Crippen LogP contribution in [0, 0.1) is 11.8 Å². The molecule has 40 heavy (non-hydrogen) atoms. The molecular formula is C38H36S2. The predicted molar refractivity (Wildman–Crippen MR) is 179 cm³/mol. The summed E-state index contributed by atoms with van der Waals surface area (Å²) in [6.07, 6.45) is 12.2. The van der Waals surface area contributed by atoms with Gasteiger partial charge in [-0.25, -0.2) is 0 Å². The van der Waals surface area contributed by atoms with Crippen molar-refractivity contribution in [2.24, 2.45) is 0 Å². The van der Waals surface area contributed by atoms with Crippen LogP contribution >= 0.6 is 22.7 Å². The van der Waals surface area contributed by atoms with Crippen molar-refractivity contribution in [3.05, 3.63) is 108 Å². The molecule has 0 aliphatic heterocycles. The molecule has 0 aliphatic carbocycles. The highest BCUT2D eigenvalue weighted by Crippen LogP contribution is 2.45. The number of thiophene rings is 2. The van der Waals surface area contributed by atoms with Gasteiger partial charge in [-0.05, 0) is 65.9 Å². The van der Waals surface area contributed by atoms with Crippen molar-refractivity contribution in [3.8, 4) is 23.0 Å². The van der Waals surface area contributed by atoms with Crippen molar-refractivity contribution in [2.45, 2.75) is 64.7 Å². The highest BCUT2D eigenvalue weighted by Gasteiger charge is 2.13. The molecule has 0 N–H and O–H groups in total. The third-order valence-electron chi connectivity index (χ3n) is 7.81. The largest absolute Gasteiger partial charge is 0.134 e. The van der Waals surface area contributed by atoms with Gasteiger partial charge in [0.25, 0.3) is 0 Å². The molecule has 0 radical (unpaired) electrons. The molecule has 0 unspecified atom stereocenters. The molecule has 0 fully saturated rings. The molecule has 200 valence electrons. The first-order chi connectivity index (χ1) is 19.8. The van der Waals surface area contributed by atoms with Gasteiger partial charge in [-0.1, -0.05) is 118 Å². The molecule has 2 aromatic heterocycles. The zero-order valence-electron chi connectivity index (χ0n) is 23.3. The summed E-state index contributed by atoms with van der Waals surface area (Å²) in [4.78, 5) is 0. The fraction of sp³-hybridized carbons (Fsp3) is 0.263. The van der Waals surface area contributed by atoms with Crippen LogP contribution in [0.15, 0.2) is 91.0 Å². The van der Waals surface area contributed by atoms with Gasteiger partial charge >= 0.3 is 0 Å². The second kappa shape index (κ2) is 12.9. The number of aryl methyl sites for hydroxylation is 1. The van der Waals surface area contributed by atoms with Crippen molar-refractivity contribution >= 4 is 52.2 Å². The summed E-state index contributed by atoms with van der Waals surface area (Å²) >= 11 is 3.91. The maximum Gasteiger partial charge on any atom is 0.0542 e. The Balaban J connectivity index is 1.14. The lowest BCUT2D eigenvalue weighted by Gasteiger charge is -2.03. The van der Waals surface area contributed by atoms with Gasteiger partial charge in [-0.2, -0.15) is 0 Å². The first-order valence-electron chi connectivity index (χ1n) is 14.8. The molecule has 0 saturated carbocycles. The van der Waals surface area contributed by atoms with Gasteiger partial charge in [0.05, 0.1) is 9.40 Å². The second-order valence-electron chi connectivity index (χ2n) is 10.8. The highest BCUT2D eigenvalue weighted by molar-refractivity contribution is 7.36. The van der Waals surface area contributed by atoms with Crippen LogP contribution in [0.5, 0.6) is 0 Å². The summed E-state index contributed by atoms with van der Waals surface area (Å²) in [6.45, 7) is 2.29. The van der Waals surface area contributed by atoms with Crippen LogP contribution < -0.4 is 0 Å². The molecule has 2 heterocycles. The summed E-state index contributed by atoms with van der Waals surface area (Å²) in [5.74, 6) is 6.53. The first kappa shape index (κ1) is 26.8. The lowest BCUT2D eigenvalue weighted by Crippen LogP contribution is -1.86. The van der Waals surface area contributed by atoms with E-state index in [0.29, 0.717) is 0 Å². The Labute approximate surface area is 246 Å². The summed E-state index contributed by atoms with van der Waals surface area (Å²) in [5.41, 5.74) is 6.08. The average molecular weight is 557 g/mol. The van der Waals surface area contributed by atoms with Crippen molar-refractivity contribution in [2.75, 3.05) is 0 Å². The summed E-state index contributed by atoms with van der Waals surface area (Å²) in [7, 11) is 0. The molecule has 0 saturated heterocycles. The van der Waals surface area contributed by atoms with Gasteiger partial charge in [-0.3, -0.25) is 0 Å². The van der Waals surface area contributed by atoms with Gasteiger partial charge < -0.3 is 0 Å². The van der Waals surface area contributed by atoms with Crippen LogP contribution in [0.1, 0.15) is 75.0 Å². The Morgan fingerprint density at radius 1 is 0.525 bits per heavy atom. The zero-order chi connectivity index (χ0) is 27.1. The van der Waals surface area contributed by atoms with Crippen LogP contribution in [0.2, 0.25) is 0 Å². The average Bonchev–Trinajstić information content (AvgIpc) is 3.53. The third kappa shape index (κ3) is 6.17. The topological polar surface area (TPSA) is 0 Å². The minimum Gasteiger partial charge on any atom is -0.134 e. The van der Waals surface area contributed by atoms with E-state index >= 15 is 0 Å². The van der Waals surface area contributed by atoms with Crippen LogP contribution in [0.3, 0.4) is 0 Å². The number of fused-ring (bicyclic) bond motifs is 5. The molecule has 0 spiro atoms. The minimum atomic E-state index is 1.04. The number of unbranched alkanes of at least 4 members (excludes halogenated alkanes) is 7. The molecule has 6 aromatic rings. The smallest absolute Gasteiger partial charge is 0.0542 e. The zero-order valence-corrected chi connectivity index (χ0v) is 25.0. The maximum atomic E-state index is 3.28. The Kier molecular flexibility index (Phi) is 8.62. The van der Waals surface area contributed by atoms with Crippen LogP contribution in [0.25, 0.3) is 40.7 Å². The number of benzene rings is 4. The van der Waals surface area contributed by atoms with Gasteiger partial charge in [-0.15, -0.1) is 22.7 Å². The summed E-state index contributed by atoms with van der Waals surface area (Å²) in [5, 5.41) is 2.81. The number of hydrogen-bond donors (Lipinski definition) is 0. The molecule has 0 nitrogen and oxygen atoms in total. The van der Waals surface area contributed by atoms with Gasteiger partial charge in [0, 0.05) is 31.3 Å². The van der Waals surface area contributed by atoms with E-state index in [1.54, 1.807) is 0 Å². The minimum absolute atomic E-state index is 1.04. The van der Waals surface area contributed by atoms with Crippen molar-refractivity contribution < 1.29 is 0 Å². The SMILES string of the molecule is CCCCCCCCCCc1ccc2c(c1)sc1c3ccc(-c4ccc(C#Cc5ccccc5)cc4)cc3sc21. The second-order valence-corrected chi connectivity index (χ2v) is 12.9. The fourth-order valence-corrected chi connectivity index (χ4v) is 8.27.